The molecular formula is C21H20F4N4O2. The van der Waals surface area contributed by atoms with Crippen LogP contribution in [0.2, 0.25) is 0 Å². The average Bonchev–Trinajstić information content (AvgIpc) is 3.52. The molecule has 0 spiro atoms. The topological polar surface area (TPSA) is 76.1 Å². The number of rotatable bonds is 7. The van der Waals surface area contributed by atoms with Gasteiger partial charge in [0.2, 0.25) is 0 Å². The number of carbonyl (C=O) groups excluding carboxylic acids is 1. The van der Waals surface area contributed by atoms with Crippen molar-refractivity contribution in [1.82, 2.24) is 9.97 Å². The van der Waals surface area contributed by atoms with Crippen molar-refractivity contribution in [2.45, 2.75) is 32.4 Å². The Morgan fingerprint density at radius 1 is 1.23 bits per heavy atom. The molecule has 0 bridgehead atoms. The molecule has 0 aliphatic heterocycles. The first-order valence-electron chi connectivity index (χ1n) is 9.52. The molecule has 6 nitrogen and oxygen atoms in total. The van der Waals surface area contributed by atoms with Gasteiger partial charge < -0.3 is 10.1 Å². The van der Waals surface area contributed by atoms with E-state index in [0.717, 1.165) is 12.5 Å². The summed E-state index contributed by atoms with van der Waals surface area (Å²) in [6.45, 7) is 1.83. The van der Waals surface area contributed by atoms with Crippen LogP contribution in [0.1, 0.15) is 31.9 Å². The molecule has 1 aromatic heterocycles. The third-order valence-corrected chi connectivity index (χ3v) is 4.30. The third kappa shape index (κ3) is 6.80. The smallest absolute Gasteiger partial charge is 0.433 e. The fourth-order valence-corrected chi connectivity index (χ4v) is 2.59. The van der Waals surface area contributed by atoms with Crippen LogP contribution in [0, 0.1) is 11.7 Å². The van der Waals surface area contributed by atoms with Crippen molar-refractivity contribution < 1.29 is 27.1 Å². The fourth-order valence-electron chi connectivity index (χ4n) is 2.59. The van der Waals surface area contributed by atoms with Crippen LogP contribution in [-0.4, -0.2) is 16.0 Å². The second-order valence-corrected chi connectivity index (χ2v) is 6.90. The lowest BCUT2D eigenvalue weighted by Crippen LogP contribution is -2.21. The lowest BCUT2D eigenvalue weighted by Gasteiger charge is -2.11. The van der Waals surface area contributed by atoms with E-state index < -0.39 is 23.7 Å². The Bertz CT molecular complexity index is 1000. The first-order chi connectivity index (χ1) is 14.7. The Morgan fingerprint density at radius 3 is 2.65 bits per heavy atom. The molecule has 0 saturated heterocycles. The summed E-state index contributed by atoms with van der Waals surface area (Å²) in [7, 11) is 0. The molecule has 2 aromatic rings. The van der Waals surface area contributed by atoms with E-state index >= 15 is 0 Å². The van der Waals surface area contributed by atoms with Crippen LogP contribution in [0.3, 0.4) is 0 Å². The number of carbonyl (C=O) groups is 1. The molecule has 1 aliphatic carbocycles. The first-order valence-corrected chi connectivity index (χ1v) is 9.52. The van der Waals surface area contributed by atoms with E-state index in [2.05, 4.69) is 20.6 Å². The molecule has 1 aromatic carbocycles. The van der Waals surface area contributed by atoms with Gasteiger partial charge >= 0.3 is 12.2 Å². The molecular weight excluding hydrogens is 416 g/mol. The zero-order valence-electron chi connectivity index (χ0n) is 16.5. The number of benzene rings is 1. The molecule has 31 heavy (non-hydrogen) atoms. The fraction of sp³-hybridized carbons (Fsp3) is 0.286. The molecule has 0 atom stereocenters. The molecule has 2 N–H and O–H groups in total. The maximum Gasteiger partial charge on any atom is 0.433 e. The van der Waals surface area contributed by atoms with Crippen LogP contribution in [0.4, 0.5) is 33.9 Å². The number of urea groups is 1. The van der Waals surface area contributed by atoms with Crippen LogP contribution < -0.4 is 15.4 Å². The van der Waals surface area contributed by atoms with E-state index in [9.17, 15) is 22.4 Å². The van der Waals surface area contributed by atoms with E-state index in [1.165, 1.54) is 25.0 Å². The van der Waals surface area contributed by atoms with Crippen LogP contribution in [0.5, 0.6) is 5.75 Å². The largest absolute Gasteiger partial charge is 0.455 e. The third-order valence-electron chi connectivity index (χ3n) is 4.30. The summed E-state index contributed by atoms with van der Waals surface area (Å²) in [5.41, 5.74) is -1.11. The van der Waals surface area contributed by atoms with E-state index in [-0.39, 0.29) is 17.3 Å². The minimum atomic E-state index is -4.67. The molecule has 2 amide bonds. The highest BCUT2D eigenvalue weighted by Gasteiger charge is 2.33. The molecule has 0 radical (unpaired) electrons. The highest BCUT2D eigenvalue weighted by molar-refractivity contribution is 5.99. The van der Waals surface area contributed by atoms with Gasteiger partial charge in [-0.15, -0.1) is 0 Å². The number of ether oxygens (including phenoxy) is 1. The highest BCUT2D eigenvalue weighted by atomic mass is 19.4. The Labute approximate surface area is 176 Å². The predicted octanol–water partition coefficient (Wildman–Crippen LogP) is 5.92. The molecule has 1 aliphatic rings. The maximum absolute atomic E-state index is 14.4. The van der Waals surface area contributed by atoms with Crippen LogP contribution >= 0.6 is 0 Å². The zero-order chi connectivity index (χ0) is 22.4. The van der Waals surface area contributed by atoms with Gasteiger partial charge in [-0.25, -0.2) is 19.2 Å². The second-order valence-electron chi connectivity index (χ2n) is 6.90. The van der Waals surface area contributed by atoms with Crippen LogP contribution in [0.15, 0.2) is 54.6 Å². The van der Waals surface area contributed by atoms with Gasteiger partial charge in [0, 0.05) is 17.8 Å². The molecule has 0 unspecified atom stereocenters. The second kappa shape index (κ2) is 9.59. The number of alkyl halides is 3. The number of nitrogens with one attached hydrogen (secondary N) is 2. The van der Waals surface area contributed by atoms with Crippen molar-refractivity contribution in [3.05, 3.63) is 66.1 Å². The van der Waals surface area contributed by atoms with Gasteiger partial charge in [0.1, 0.15) is 23.6 Å². The molecule has 164 valence electrons. The lowest BCUT2D eigenvalue weighted by molar-refractivity contribution is -0.141. The standard InChI is InChI=1S/C21H20F4N4O2/c1-2-3-15(8-6-13-4-5-13)31-17-9-7-14(10-16(17)22)28-20(30)29-19-11-18(21(23,24)25)26-12-27-19/h2-3,7-13H,4-6H2,1H3,(H2,26,27,28,29,30)/b3-2-,15-8+. The summed E-state index contributed by atoms with van der Waals surface area (Å²) < 4.78 is 58.1. The average molecular weight is 436 g/mol. The normalized spacial score (nSPS) is 14.5. The van der Waals surface area contributed by atoms with E-state index in [0.29, 0.717) is 24.1 Å². The summed E-state index contributed by atoms with van der Waals surface area (Å²) >= 11 is 0. The summed E-state index contributed by atoms with van der Waals surface area (Å²) in [6, 6.07) is 3.51. The van der Waals surface area contributed by atoms with Crippen molar-refractivity contribution in [1.29, 1.82) is 0 Å². The number of halogens is 4. The molecule has 1 fully saturated rings. The van der Waals surface area contributed by atoms with Gasteiger partial charge in [0.05, 0.1) is 0 Å². The van der Waals surface area contributed by atoms with Gasteiger partial charge in [-0.3, -0.25) is 5.32 Å². The number of nitrogens with zero attached hydrogens (tertiary/aromatic N) is 2. The van der Waals surface area contributed by atoms with Gasteiger partial charge in [0.25, 0.3) is 0 Å². The maximum atomic E-state index is 14.4. The summed E-state index contributed by atoms with van der Waals surface area (Å²) in [4.78, 5) is 18.7. The quantitative estimate of drug-likeness (QED) is 0.321. The minimum absolute atomic E-state index is 0.0169. The number of anilines is 2. The number of amides is 2. The minimum Gasteiger partial charge on any atom is -0.455 e. The number of hydrogen-bond acceptors (Lipinski definition) is 4. The molecule has 1 heterocycles. The number of allylic oxidation sites excluding steroid dienone is 3. The van der Waals surface area contributed by atoms with Gasteiger partial charge in [-0.2, -0.15) is 13.2 Å². The van der Waals surface area contributed by atoms with Crippen molar-refractivity contribution in [3.8, 4) is 5.75 Å². The summed E-state index contributed by atoms with van der Waals surface area (Å²) in [5, 5.41) is 4.47. The number of aromatic nitrogens is 2. The van der Waals surface area contributed by atoms with E-state index in [4.69, 9.17) is 4.74 Å². The molecule has 3 rings (SSSR count). The molecule has 1 saturated carbocycles. The van der Waals surface area contributed by atoms with Gasteiger partial charge in [-0.05, 0) is 56.4 Å². The highest BCUT2D eigenvalue weighted by Crippen LogP contribution is 2.33. The van der Waals surface area contributed by atoms with Gasteiger partial charge in [-0.1, -0.05) is 6.08 Å². The molecule has 10 heteroatoms. The van der Waals surface area contributed by atoms with Crippen molar-refractivity contribution in [2.75, 3.05) is 10.6 Å². The Kier molecular flexibility index (Phi) is 6.88. The monoisotopic (exact) mass is 436 g/mol. The lowest BCUT2D eigenvalue weighted by atomic mass is 10.2. The zero-order valence-corrected chi connectivity index (χ0v) is 16.5. The van der Waals surface area contributed by atoms with E-state index in [1.807, 2.05) is 13.0 Å². The van der Waals surface area contributed by atoms with Crippen LogP contribution in [0.25, 0.3) is 0 Å². The summed E-state index contributed by atoms with van der Waals surface area (Å²) in [5.74, 6) is 0.103. The Morgan fingerprint density at radius 2 is 2.00 bits per heavy atom. The SMILES string of the molecule is C/C=C\C(=C/CC1CC1)Oc1ccc(NC(=O)Nc2cc(C(F)(F)F)ncn2)cc1F. The van der Waals surface area contributed by atoms with Crippen LogP contribution in [-0.2, 0) is 6.18 Å². The predicted molar refractivity (Wildman–Crippen MR) is 107 cm³/mol. The van der Waals surface area contributed by atoms with Crippen molar-refractivity contribution in [2.24, 2.45) is 5.92 Å². The Balaban J connectivity index is 1.63. The first kappa shape index (κ1) is 22.3. The Hall–Kier alpha value is -3.43. The van der Waals surface area contributed by atoms with Crippen molar-refractivity contribution in [3.63, 3.8) is 0 Å². The van der Waals surface area contributed by atoms with Crippen molar-refractivity contribution >= 4 is 17.5 Å². The number of hydrogen-bond donors (Lipinski definition) is 2. The van der Waals surface area contributed by atoms with E-state index in [1.54, 1.807) is 12.2 Å². The van der Waals surface area contributed by atoms with Gasteiger partial charge in [0.15, 0.2) is 11.6 Å². The summed E-state index contributed by atoms with van der Waals surface area (Å²) in [6.07, 6.45) is 4.67.